The van der Waals surface area contributed by atoms with Crippen molar-refractivity contribution in [2.75, 3.05) is 6.54 Å². The van der Waals surface area contributed by atoms with Crippen LogP contribution in [0.2, 0.25) is 0 Å². The third-order valence-electron chi connectivity index (χ3n) is 4.72. The smallest absolute Gasteiger partial charge is 0.274 e. The summed E-state index contributed by atoms with van der Waals surface area (Å²) in [6, 6.07) is 16.5. The van der Waals surface area contributed by atoms with Crippen LogP contribution in [-0.4, -0.2) is 39.4 Å². The lowest BCUT2D eigenvalue weighted by Crippen LogP contribution is -2.27. The third kappa shape index (κ3) is 4.48. The van der Waals surface area contributed by atoms with E-state index in [2.05, 4.69) is 20.9 Å². The Balaban J connectivity index is 1.61. The first kappa shape index (κ1) is 19.6. The minimum atomic E-state index is -0.255. The molecule has 0 bridgehead atoms. The topological polar surface area (TPSA) is 98.1 Å². The summed E-state index contributed by atoms with van der Waals surface area (Å²) in [4.78, 5) is 24.7. The zero-order valence-corrected chi connectivity index (χ0v) is 16.7. The molecule has 1 aliphatic carbocycles. The average Bonchev–Trinajstić information content (AvgIpc) is 3.48. The molecule has 0 radical (unpaired) electrons. The zero-order chi connectivity index (χ0) is 20.9. The van der Waals surface area contributed by atoms with E-state index in [0.29, 0.717) is 29.2 Å². The first-order chi connectivity index (χ1) is 14.7. The summed E-state index contributed by atoms with van der Waals surface area (Å²) in [5.41, 5.74) is 2.02. The van der Waals surface area contributed by atoms with Gasteiger partial charge in [0.15, 0.2) is 5.69 Å². The summed E-state index contributed by atoms with van der Waals surface area (Å²) in [7, 11) is 0. The van der Waals surface area contributed by atoms with Gasteiger partial charge in [-0.15, -0.1) is 5.10 Å². The normalized spacial score (nSPS) is 13.0. The predicted molar refractivity (Wildman–Crippen MR) is 111 cm³/mol. The Kier molecular flexibility index (Phi) is 5.74. The Hall–Kier alpha value is -3.68. The molecule has 0 saturated heterocycles. The minimum Gasteiger partial charge on any atom is -0.487 e. The number of nitrogens with one attached hydrogen (secondary N) is 2. The average molecular weight is 405 g/mol. The summed E-state index contributed by atoms with van der Waals surface area (Å²) < 4.78 is 7.45. The molecule has 0 spiro atoms. The Bertz CT molecular complexity index is 1030. The van der Waals surface area contributed by atoms with Crippen LogP contribution in [0.4, 0.5) is 0 Å². The molecular weight excluding hydrogens is 382 g/mol. The number of hydrogen-bond donors (Lipinski definition) is 2. The maximum absolute atomic E-state index is 12.7. The van der Waals surface area contributed by atoms with Crippen molar-refractivity contribution >= 4 is 11.8 Å². The lowest BCUT2D eigenvalue weighted by Gasteiger charge is -2.11. The fourth-order valence-electron chi connectivity index (χ4n) is 2.98. The second-order valence-corrected chi connectivity index (χ2v) is 7.05. The molecule has 1 heterocycles. The highest BCUT2D eigenvalue weighted by molar-refractivity contribution is 5.94. The first-order valence-corrected chi connectivity index (χ1v) is 9.97. The second kappa shape index (κ2) is 8.77. The summed E-state index contributed by atoms with van der Waals surface area (Å²) in [6.45, 7) is 2.56. The van der Waals surface area contributed by atoms with Gasteiger partial charge < -0.3 is 15.4 Å². The van der Waals surface area contributed by atoms with E-state index in [1.165, 1.54) is 0 Å². The molecule has 1 fully saturated rings. The molecule has 8 heteroatoms. The number of nitrogens with zero attached hydrogens (tertiary/aromatic N) is 3. The van der Waals surface area contributed by atoms with E-state index in [0.717, 1.165) is 12.8 Å². The number of amides is 2. The largest absolute Gasteiger partial charge is 0.487 e. The van der Waals surface area contributed by atoms with Gasteiger partial charge in [0.1, 0.15) is 18.1 Å². The first-order valence-electron chi connectivity index (χ1n) is 9.97. The van der Waals surface area contributed by atoms with Gasteiger partial charge in [-0.2, -0.15) is 0 Å². The van der Waals surface area contributed by atoms with Gasteiger partial charge in [0.05, 0.1) is 5.69 Å². The van der Waals surface area contributed by atoms with Crippen molar-refractivity contribution < 1.29 is 14.3 Å². The second-order valence-electron chi connectivity index (χ2n) is 7.05. The van der Waals surface area contributed by atoms with Gasteiger partial charge in [0.2, 0.25) is 0 Å². The van der Waals surface area contributed by atoms with Crippen molar-refractivity contribution in [3.8, 4) is 11.4 Å². The fourth-order valence-corrected chi connectivity index (χ4v) is 2.98. The summed E-state index contributed by atoms with van der Waals surface area (Å²) in [5, 5.41) is 14.0. The van der Waals surface area contributed by atoms with Crippen LogP contribution in [-0.2, 0) is 6.61 Å². The maximum atomic E-state index is 12.7. The fraction of sp³-hybridized carbons (Fsp3) is 0.273. The molecule has 3 aromatic rings. The van der Waals surface area contributed by atoms with Gasteiger partial charge in [-0.25, -0.2) is 4.68 Å². The quantitative estimate of drug-likeness (QED) is 0.600. The van der Waals surface area contributed by atoms with Gasteiger partial charge in [-0.1, -0.05) is 23.4 Å². The molecule has 2 aromatic carbocycles. The van der Waals surface area contributed by atoms with E-state index in [1.54, 1.807) is 28.9 Å². The SMILES string of the molecule is CCNC(=O)c1ccc(-n2nnc(C(=O)NC3CC3)c2COc2ccccc2)cc1. The minimum absolute atomic E-state index is 0.127. The van der Waals surface area contributed by atoms with Crippen LogP contribution < -0.4 is 15.4 Å². The number of ether oxygens (including phenoxy) is 1. The molecule has 2 amide bonds. The molecule has 0 unspecified atom stereocenters. The number of benzene rings is 2. The van der Waals surface area contributed by atoms with Gasteiger partial charge in [-0.05, 0) is 56.2 Å². The molecular formula is C22H23N5O3. The predicted octanol–water partition coefficient (Wildman–Crippen LogP) is 2.49. The van der Waals surface area contributed by atoms with E-state index >= 15 is 0 Å². The highest BCUT2D eigenvalue weighted by atomic mass is 16.5. The molecule has 0 aliphatic heterocycles. The lowest BCUT2D eigenvalue weighted by molar-refractivity contribution is 0.0939. The van der Waals surface area contributed by atoms with E-state index in [1.807, 2.05) is 37.3 Å². The Morgan fingerprint density at radius 2 is 1.80 bits per heavy atom. The number of carbonyl (C=O) groups excluding carboxylic acids is 2. The molecule has 2 N–H and O–H groups in total. The maximum Gasteiger partial charge on any atom is 0.274 e. The highest BCUT2D eigenvalue weighted by Crippen LogP contribution is 2.21. The Morgan fingerprint density at radius 1 is 1.07 bits per heavy atom. The molecule has 4 rings (SSSR count). The van der Waals surface area contributed by atoms with Crippen molar-refractivity contribution in [1.82, 2.24) is 25.6 Å². The van der Waals surface area contributed by atoms with Crippen LogP contribution in [0.15, 0.2) is 54.6 Å². The van der Waals surface area contributed by atoms with Crippen LogP contribution in [0.5, 0.6) is 5.75 Å². The number of hydrogen-bond acceptors (Lipinski definition) is 5. The van der Waals surface area contributed by atoms with Crippen molar-refractivity contribution in [2.24, 2.45) is 0 Å². The molecule has 30 heavy (non-hydrogen) atoms. The molecule has 1 aromatic heterocycles. The standard InChI is InChI=1S/C22H23N5O3/c1-2-23-21(28)15-8-12-17(13-9-15)27-19(14-30-18-6-4-3-5-7-18)20(25-26-27)22(29)24-16-10-11-16/h3-9,12-13,16H,2,10-11,14H2,1H3,(H,23,28)(H,24,29). The lowest BCUT2D eigenvalue weighted by atomic mass is 10.2. The number of para-hydroxylation sites is 1. The zero-order valence-electron chi connectivity index (χ0n) is 16.7. The number of carbonyl (C=O) groups is 2. The summed E-state index contributed by atoms with van der Waals surface area (Å²) in [5.74, 6) is 0.291. The monoisotopic (exact) mass is 405 g/mol. The van der Waals surface area contributed by atoms with E-state index in [-0.39, 0.29) is 30.2 Å². The van der Waals surface area contributed by atoms with Crippen LogP contribution in [0.1, 0.15) is 46.3 Å². The Morgan fingerprint density at radius 3 is 2.47 bits per heavy atom. The van der Waals surface area contributed by atoms with Gasteiger partial charge >= 0.3 is 0 Å². The Labute approximate surface area is 174 Å². The van der Waals surface area contributed by atoms with Crippen LogP contribution in [0.25, 0.3) is 5.69 Å². The molecule has 1 saturated carbocycles. The van der Waals surface area contributed by atoms with Crippen molar-refractivity contribution in [3.05, 3.63) is 71.5 Å². The third-order valence-corrected chi connectivity index (χ3v) is 4.72. The number of aromatic nitrogens is 3. The van der Waals surface area contributed by atoms with Crippen molar-refractivity contribution in [3.63, 3.8) is 0 Å². The molecule has 1 aliphatic rings. The van der Waals surface area contributed by atoms with Gasteiger partial charge in [0.25, 0.3) is 11.8 Å². The van der Waals surface area contributed by atoms with Crippen molar-refractivity contribution in [1.29, 1.82) is 0 Å². The van der Waals surface area contributed by atoms with E-state index in [4.69, 9.17) is 4.74 Å². The number of rotatable bonds is 8. The highest BCUT2D eigenvalue weighted by Gasteiger charge is 2.28. The molecule has 154 valence electrons. The van der Waals surface area contributed by atoms with Crippen LogP contribution >= 0.6 is 0 Å². The molecule has 0 atom stereocenters. The summed E-state index contributed by atoms with van der Waals surface area (Å²) >= 11 is 0. The summed E-state index contributed by atoms with van der Waals surface area (Å²) in [6.07, 6.45) is 1.97. The van der Waals surface area contributed by atoms with Crippen molar-refractivity contribution in [2.45, 2.75) is 32.4 Å². The van der Waals surface area contributed by atoms with Crippen LogP contribution in [0.3, 0.4) is 0 Å². The van der Waals surface area contributed by atoms with Gasteiger partial charge in [0, 0.05) is 18.2 Å². The van der Waals surface area contributed by atoms with Gasteiger partial charge in [-0.3, -0.25) is 9.59 Å². The van der Waals surface area contributed by atoms with E-state index in [9.17, 15) is 9.59 Å². The van der Waals surface area contributed by atoms with Crippen LogP contribution in [0, 0.1) is 0 Å². The van der Waals surface area contributed by atoms with E-state index < -0.39 is 0 Å². The molecule has 8 nitrogen and oxygen atoms in total.